The maximum Gasteiger partial charge on any atom is 0.208 e. The maximum atomic E-state index is 12.8. The van der Waals surface area contributed by atoms with Gasteiger partial charge in [0.15, 0.2) is 0 Å². The highest BCUT2D eigenvalue weighted by molar-refractivity contribution is 7.92. The van der Waals surface area contributed by atoms with Gasteiger partial charge in [-0.25, -0.2) is 16.8 Å². The predicted octanol–water partition coefficient (Wildman–Crippen LogP) is 4.01. The fraction of sp³-hybridized carbons (Fsp3) is 0. The molecule has 0 aromatic heterocycles. The minimum Gasteiger partial charge on any atom is -0.219 e. The second-order valence-electron chi connectivity index (χ2n) is 5.23. The molecule has 0 aliphatic rings. The summed E-state index contributed by atoms with van der Waals surface area (Å²) in [6.45, 7) is 0. The van der Waals surface area contributed by atoms with E-state index in [-0.39, 0.29) is 24.6 Å². The van der Waals surface area contributed by atoms with Crippen LogP contribution in [0.3, 0.4) is 0 Å². The first-order chi connectivity index (χ1) is 11.8. The van der Waals surface area contributed by atoms with Crippen LogP contribution in [0.1, 0.15) is 0 Å². The molecule has 0 saturated heterocycles. The molecule has 4 nitrogen and oxygen atoms in total. The largest absolute Gasteiger partial charge is 0.219 e. The molecule has 3 rings (SSSR count). The van der Waals surface area contributed by atoms with Crippen molar-refractivity contribution in [1.82, 2.24) is 0 Å². The monoisotopic (exact) mass is 392 g/mol. The number of benzene rings is 3. The van der Waals surface area contributed by atoms with Crippen LogP contribution in [-0.4, -0.2) is 16.8 Å². The third kappa shape index (κ3) is 3.33. The highest BCUT2D eigenvalue weighted by Gasteiger charge is 2.25. The van der Waals surface area contributed by atoms with E-state index in [2.05, 4.69) is 0 Å². The van der Waals surface area contributed by atoms with E-state index in [9.17, 15) is 16.8 Å². The van der Waals surface area contributed by atoms with Gasteiger partial charge in [0.2, 0.25) is 19.7 Å². The Hall–Kier alpha value is -2.15. The van der Waals surface area contributed by atoms with E-state index in [1.807, 2.05) is 0 Å². The molecule has 0 fully saturated rings. The average molecular weight is 393 g/mol. The lowest BCUT2D eigenvalue weighted by Gasteiger charge is -2.10. The molecule has 0 spiro atoms. The van der Waals surface area contributed by atoms with E-state index < -0.39 is 19.7 Å². The van der Waals surface area contributed by atoms with Gasteiger partial charge in [0.1, 0.15) is 0 Å². The lowest BCUT2D eigenvalue weighted by atomic mass is 10.4. The molecule has 25 heavy (non-hydrogen) atoms. The molecule has 0 radical (unpaired) electrons. The van der Waals surface area contributed by atoms with Gasteiger partial charge in [-0.05, 0) is 42.5 Å². The molecule has 3 aromatic carbocycles. The summed E-state index contributed by atoms with van der Waals surface area (Å²) in [7, 11) is -7.77. The summed E-state index contributed by atoms with van der Waals surface area (Å²) in [6, 6.07) is 19.2. The molecular weight excluding hydrogens is 380 g/mol. The Morgan fingerprint density at radius 2 is 1.04 bits per heavy atom. The molecule has 0 bridgehead atoms. The molecular formula is C18H13ClO4S2. The maximum absolute atomic E-state index is 12.8. The summed E-state index contributed by atoms with van der Waals surface area (Å²) in [6.07, 6.45) is 0. The van der Waals surface area contributed by atoms with Gasteiger partial charge in [-0.15, -0.1) is 0 Å². The quantitative estimate of drug-likeness (QED) is 0.672. The fourth-order valence-electron chi connectivity index (χ4n) is 2.32. The molecule has 0 unspecified atom stereocenters. The van der Waals surface area contributed by atoms with Crippen molar-refractivity contribution in [2.24, 2.45) is 0 Å². The van der Waals surface area contributed by atoms with Crippen molar-refractivity contribution in [2.45, 2.75) is 19.6 Å². The third-order valence-electron chi connectivity index (χ3n) is 3.61. The summed E-state index contributed by atoms with van der Waals surface area (Å²) in [4.78, 5) is -0.235. The van der Waals surface area contributed by atoms with Crippen LogP contribution in [0.25, 0.3) is 0 Å². The zero-order valence-corrected chi connectivity index (χ0v) is 15.2. The van der Waals surface area contributed by atoms with Crippen LogP contribution >= 0.6 is 11.6 Å². The Morgan fingerprint density at radius 1 is 0.560 bits per heavy atom. The second kappa shape index (κ2) is 6.63. The molecule has 0 aliphatic heterocycles. The third-order valence-corrected chi connectivity index (χ3v) is 7.63. The first-order valence-corrected chi connectivity index (χ1v) is 10.6. The van der Waals surface area contributed by atoms with Crippen LogP contribution < -0.4 is 0 Å². The van der Waals surface area contributed by atoms with Gasteiger partial charge in [-0.1, -0.05) is 48.0 Å². The van der Waals surface area contributed by atoms with Gasteiger partial charge in [-0.2, -0.15) is 0 Å². The molecule has 0 saturated carbocycles. The normalized spacial score (nSPS) is 12.0. The fourth-order valence-corrected chi connectivity index (χ4v) is 5.50. The van der Waals surface area contributed by atoms with Crippen LogP contribution in [0.2, 0.25) is 5.02 Å². The van der Waals surface area contributed by atoms with Crippen LogP contribution in [-0.2, 0) is 19.7 Å². The van der Waals surface area contributed by atoms with E-state index in [4.69, 9.17) is 11.6 Å². The summed E-state index contributed by atoms with van der Waals surface area (Å²) < 4.78 is 51.0. The molecule has 3 aromatic rings. The van der Waals surface area contributed by atoms with E-state index in [1.165, 1.54) is 36.4 Å². The lowest BCUT2D eigenvalue weighted by molar-refractivity contribution is 0.594. The van der Waals surface area contributed by atoms with Crippen molar-refractivity contribution in [2.75, 3.05) is 0 Å². The molecule has 0 amide bonds. The van der Waals surface area contributed by atoms with Crippen LogP contribution in [0.15, 0.2) is 98.4 Å². The molecule has 0 aliphatic carbocycles. The van der Waals surface area contributed by atoms with E-state index >= 15 is 0 Å². The predicted molar refractivity (Wildman–Crippen MR) is 95.2 cm³/mol. The van der Waals surface area contributed by atoms with E-state index in [0.29, 0.717) is 0 Å². The average Bonchev–Trinajstić information content (AvgIpc) is 2.63. The Labute approximate surface area is 151 Å². The molecule has 7 heteroatoms. The smallest absolute Gasteiger partial charge is 0.208 e. The first kappa shape index (κ1) is 17.7. The van der Waals surface area contributed by atoms with E-state index in [1.54, 1.807) is 36.4 Å². The molecule has 0 atom stereocenters. The van der Waals surface area contributed by atoms with Crippen molar-refractivity contribution in [1.29, 1.82) is 0 Å². The SMILES string of the molecule is O=S(=O)(c1ccccc1)c1ccc(Cl)c(S(=O)(=O)c2ccccc2)c1. The van der Waals surface area contributed by atoms with Crippen molar-refractivity contribution in [3.8, 4) is 0 Å². The van der Waals surface area contributed by atoms with Crippen LogP contribution in [0, 0.1) is 0 Å². The minimum atomic E-state index is -3.93. The van der Waals surface area contributed by atoms with Crippen molar-refractivity contribution in [3.63, 3.8) is 0 Å². The molecule has 0 N–H and O–H groups in total. The minimum absolute atomic E-state index is 0.0316. The highest BCUT2D eigenvalue weighted by atomic mass is 35.5. The molecule has 0 heterocycles. The van der Waals surface area contributed by atoms with Gasteiger partial charge < -0.3 is 0 Å². The summed E-state index contributed by atoms with van der Waals surface area (Å²) in [5, 5.41) is -0.0316. The second-order valence-corrected chi connectivity index (χ2v) is 9.50. The Morgan fingerprint density at radius 3 is 1.56 bits per heavy atom. The number of hydrogen-bond acceptors (Lipinski definition) is 4. The topological polar surface area (TPSA) is 68.3 Å². The van der Waals surface area contributed by atoms with Gasteiger partial charge >= 0.3 is 0 Å². The number of rotatable bonds is 4. The van der Waals surface area contributed by atoms with Crippen molar-refractivity contribution < 1.29 is 16.8 Å². The first-order valence-electron chi connectivity index (χ1n) is 7.23. The van der Waals surface area contributed by atoms with Crippen molar-refractivity contribution >= 4 is 31.3 Å². The summed E-state index contributed by atoms with van der Waals surface area (Å²) >= 11 is 6.05. The van der Waals surface area contributed by atoms with E-state index in [0.717, 1.165) is 6.07 Å². The summed E-state index contributed by atoms with van der Waals surface area (Å²) in [5.41, 5.74) is 0. The highest BCUT2D eigenvalue weighted by Crippen LogP contribution is 2.31. The zero-order chi connectivity index (χ0) is 18.1. The standard InChI is InChI=1S/C18H13ClO4S2/c19-17-12-11-16(24(20,21)14-7-3-1-4-8-14)13-18(17)25(22,23)15-9-5-2-6-10-15/h1-13H. The van der Waals surface area contributed by atoms with Gasteiger partial charge in [0.05, 0.1) is 24.6 Å². The number of halogens is 1. The van der Waals surface area contributed by atoms with Gasteiger partial charge in [-0.3, -0.25) is 0 Å². The van der Waals surface area contributed by atoms with Crippen molar-refractivity contribution in [3.05, 3.63) is 83.9 Å². The van der Waals surface area contributed by atoms with Crippen LogP contribution in [0.5, 0.6) is 0 Å². The Balaban J connectivity index is 2.18. The Kier molecular flexibility index (Phi) is 4.69. The van der Waals surface area contributed by atoms with Gasteiger partial charge in [0.25, 0.3) is 0 Å². The molecule has 128 valence electrons. The number of sulfone groups is 2. The number of hydrogen-bond donors (Lipinski definition) is 0. The Bertz CT molecular complexity index is 1110. The van der Waals surface area contributed by atoms with Crippen LogP contribution in [0.4, 0.5) is 0 Å². The lowest BCUT2D eigenvalue weighted by Crippen LogP contribution is -2.07. The van der Waals surface area contributed by atoms with Gasteiger partial charge in [0, 0.05) is 0 Å². The zero-order valence-electron chi connectivity index (χ0n) is 12.8. The summed E-state index contributed by atoms with van der Waals surface area (Å²) in [5.74, 6) is 0.